The van der Waals surface area contributed by atoms with Gasteiger partial charge in [-0.05, 0) is 41.4 Å². The van der Waals surface area contributed by atoms with Gasteiger partial charge >= 0.3 is 5.97 Å². The van der Waals surface area contributed by atoms with Crippen LogP contribution in [-0.2, 0) is 11.2 Å². The smallest absolute Gasteiger partial charge is 0.326 e. The average Bonchev–Trinajstić information content (AvgIpc) is 2.87. The van der Waals surface area contributed by atoms with Gasteiger partial charge in [0.25, 0.3) is 5.91 Å². The van der Waals surface area contributed by atoms with E-state index in [0.29, 0.717) is 5.56 Å². The van der Waals surface area contributed by atoms with Crippen LogP contribution in [0.15, 0.2) is 40.8 Å². The summed E-state index contributed by atoms with van der Waals surface area (Å²) in [5.74, 6) is -1.81. The van der Waals surface area contributed by atoms with Gasteiger partial charge < -0.3 is 19.9 Å². The third-order valence-electron chi connectivity index (χ3n) is 2.78. The number of amides is 1. The lowest BCUT2D eigenvalue weighted by atomic mass is 10.1. The van der Waals surface area contributed by atoms with Gasteiger partial charge in [-0.3, -0.25) is 4.79 Å². The summed E-state index contributed by atoms with van der Waals surface area (Å²) in [6.07, 6.45) is 0.0792. The third kappa shape index (κ3) is 4.00. The van der Waals surface area contributed by atoms with Gasteiger partial charge in [0.1, 0.15) is 11.8 Å². The molecule has 1 aromatic carbocycles. The number of hydrogen-bond acceptors (Lipinski definition) is 4. The van der Waals surface area contributed by atoms with E-state index in [1.807, 2.05) is 0 Å². The van der Waals surface area contributed by atoms with Crippen LogP contribution in [0.3, 0.4) is 0 Å². The lowest BCUT2D eigenvalue weighted by Gasteiger charge is -2.13. The number of nitrogens with one attached hydrogen (secondary N) is 1. The Morgan fingerprint density at radius 1 is 1.19 bits per heavy atom. The number of aliphatic carboxylic acids is 1. The molecule has 0 aliphatic carbocycles. The van der Waals surface area contributed by atoms with Crippen LogP contribution in [0.2, 0.25) is 5.22 Å². The summed E-state index contributed by atoms with van der Waals surface area (Å²) in [5, 5.41) is 20.8. The first kappa shape index (κ1) is 14.9. The number of carboxylic acid groups (broad SMARTS) is 1. The molecule has 2 rings (SSSR count). The predicted molar refractivity (Wildman–Crippen MR) is 74.4 cm³/mol. The number of furan rings is 1. The zero-order chi connectivity index (χ0) is 15.4. The van der Waals surface area contributed by atoms with E-state index in [4.69, 9.17) is 21.1 Å². The van der Waals surface area contributed by atoms with E-state index in [2.05, 4.69) is 5.32 Å². The number of carbonyl (C=O) groups is 2. The molecule has 0 spiro atoms. The van der Waals surface area contributed by atoms with E-state index < -0.39 is 17.9 Å². The number of phenolic OH excluding ortho intramolecular Hbond substituents is 1. The number of carboxylic acids is 1. The third-order valence-corrected chi connectivity index (χ3v) is 2.98. The van der Waals surface area contributed by atoms with Crippen LogP contribution < -0.4 is 5.32 Å². The Hall–Kier alpha value is -2.47. The summed E-state index contributed by atoms with van der Waals surface area (Å²) >= 11 is 5.56. The van der Waals surface area contributed by atoms with E-state index in [9.17, 15) is 14.7 Å². The molecule has 0 unspecified atom stereocenters. The van der Waals surface area contributed by atoms with Gasteiger partial charge in [0.2, 0.25) is 0 Å². The highest BCUT2D eigenvalue weighted by Gasteiger charge is 2.22. The second kappa shape index (κ2) is 6.32. The summed E-state index contributed by atoms with van der Waals surface area (Å²) < 4.78 is 4.92. The molecule has 0 bridgehead atoms. The largest absolute Gasteiger partial charge is 0.508 e. The van der Waals surface area contributed by atoms with Crippen molar-refractivity contribution in [1.82, 2.24) is 5.32 Å². The van der Waals surface area contributed by atoms with Crippen LogP contribution in [0.1, 0.15) is 16.1 Å². The van der Waals surface area contributed by atoms with Crippen molar-refractivity contribution in [3.05, 3.63) is 52.9 Å². The molecular formula is C14H12ClNO5. The molecule has 1 aromatic heterocycles. The maximum absolute atomic E-state index is 11.9. The van der Waals surface area contributed by atoms with Crippen LogP contribution in [-0.4, -0.2) is 28.1 Å². The van der Waals surface area contributed by atoms with Gasteiger partial charge in [-0.25, -0.2) is 4.79 Å². The van der Waals surface area contributed by atoms with Gasteiger partial charge in [0.15, 0.2) is 11.0 Å². The highest BCUT2D eigenvalue weighted by molar-refractivity contribution is 6.29. The van der Waals surface area contributed by atoms with Crippen molar-refractivity contribution >= 4 is 23.5 Å². The van der Waals surface area contributed by atoms with Gasteiger partial charge in [0, 0.05) is 6.42 Å². The van der Waals surface area contributed by atoms with E-state index in [1.54, 1.807) is 12.1 Å². The zero-order valence-corrected chi connectivity index (χ0v) is 11.5. The maximum Gasteiger partial charge on any atom is 0.326 e. The number of rotatable bonds is 5. The molecule has 7 heteroatoms. The standard InChI is InChI=1S/C14H12ClNO5/c15-12-6-5-11(21-12)13(18)16-10(14(19)20)7-8-1-3-9(17)4-2-8/h1-6,10,17H,7H2,(H,16,18)(H,19,20)/t10-/m0/s1. The van der Waals surface area contributed by atoms with Crippen molar-refractivity contribution in [2.45, 2.75) is 12.5 Å². The topological polar surface area (TPSA) is 99.8 Å². The fraction of sp³-hybridized carbons (Fsp3) is 0.143. The van der Waals surface area contributed by atoms with E-state index >= 15 is 0 Å². The SMILES string of the molecule is O=C(N[C@@H](Cc1ccc(O)cc1)C(=O)O)c1ccc(Cl)o1. The molecule has 1 heterocycles. The number of phenols is 1. The van der Waals surface area contributed by atoms with Crippen LogP contribution in [0.4, 0.5) is 0 Å². The van der Waals surface area contributed by atoms with Crippen molar-refractivity contribution in [1.29, 1.82) is 0 Å². The lowest BCUT2D eigenvalue weighted by Crippen LogP contribution is -2.42. The minimum atomic E-state index is -1.17. The van der Waals surface area contributed by atoms with Crippen molar-refractivity contribution in [2.24, 2.45) is 0 Å². The number of hydrogen-bond donors (Lipinski definition) is 3. The quantitative estimate of drug-likeness (QED) is 0.785. The minimum Gasteiger partial charge on any atom is -0.508 e. The normalized spacial score (nSPS) is 11.9. The Bertz CT molecular complexity index is 650. The molecule has 21 heavy (non-hydrogen) atoms. The summed E-state index contributed by atoms with van der Waals surface area (Å²) in [6, 6.07) is 7.70. The molecule has 1 atom stereocenters. The van der Waals surface area contributed by atoms with Gasteiger partial charge in [0.05, 0.1) is 0 Å². The Balaban J connectivity index is 2.07. The maximum atomic E-state index is 11.9. The van der Waals surface area contributed by atoms with Gasteiger partial charge in [-0.1, -0.05) is 12.1 Å². The molecule has 2 aromatic rings. The second-order valence-corrected chi connectivity index (χ2v) is 4.71. The van der Waals surface area contributed by atoms with Crippen LogP contribution in [0.5, 0.6) is 5.75 Å². The van der Waals surface area contributed by atoms with Crippen LogP contribution >= 0.6 is 11.6 Å². The predicted octanol–water partition coefficient (Wildman–Crippen LogP) is 2.06. The molecule has 0 aliphatic rings. The highest BCUT2D eigenvalue weighted by atomic mass is 35.5. The molecule has 0 fully saturated rings. The van der Waals surface area contributed by atoms with Crippen LogP contribution in [0, 0.1) is 0 Å². The minimum absolute atomic E-state index is 0.0468. The van der Waals surface area contributed by atoms with Gasteiger partial charge in [-0.15, -0.1) is 0 Å². The molecular weight excluding hydrogens is 298 g/mol. The molecule has 0 radical (unpaired) electrons. The van der Waals surface area contributed by atoms with E-state index in [0.717, 1.165) is 0 Å². The Morgan fingerprint density at radius 3 is 2.38 bits per heavy atom. The average molecular weight is 310 g/mol. The Morgan fingerprint density at radius 2 is 1.86 bits per heavy atom. The van der Waals surface area contributed by atoms with Gasteiger partial charge in [-0.2, -0.15) is 0 Å². The molecule has 0 saturated heterocycles. The number of aromatic hydroxyl groups is 1. The molecule has 110 valence electrons. The van der Waals surface area contributed by atoms with E-state index in [1.165, 1.54) is 24.3 Å². The first-order chi connectivity index (χ1) is 9.95. The molecule has 0 saturated carbocycles. The summed E-state index contributed by atoms with van der Waals surface area (Å²) in [7, 11) is 0. The molecule has 1 amide bonds. The summed E-state index contributed by atoms with van der Waals surface area (Å²) in [4.78, 5) is 23.1. The summed E-state index contributed by atoms with van der Waals surface area (Å²) in [5.41, 5.74) is 0.665. The first-order valence-electron chi connectivity index (χ1n) is 6.02. The monoisotopic (exact) mass is 309 g/mol. The van der Waals surface area contributed by atoms with Crippen molar-refractivity contribution in [3.63, 3.8) is 0 Å². The molecule has 3 N–H and O–H groups in total. The number of benzene rings is 1. The second-order valence-electron chi connectivity index (χ2n) is 4.34. The first-order valence-corrected chi connectivity index (χ1v) is 6.40. The summed E-state index contributed by atoms with van der Waals surface area (Å²) in [6.45, 7) is 0. The highest BCUT2D eigenvalue weighted by Crippen LogP contribution is 2.14. The van der Waals surface area contributed by atoms with Crippen molar-refractivity contribution in [3.8, 4) is 5.75 Å². The van der Waals surface area contributed by atoms with Crippen molar-refractivity contribution in [2.75, 3.05) is 0 Å². The van der Waals surface area contributed by atoms with Crippen LogP contribution in [0.25, 0.3) is 0 Å². The number of halogens is 1. The Labute approximate surface area is 125 Å². The molecule has 0 aliphatic heterocycles. The lowest BCUT2D eigenvalue weighted by molar-refractivity contribution is -0.139. The van der Waals surface area contributed by atoms with Crippen molar-refractivity contribution < 1.29 is 24.2 Å². The number of carbonyl (C=O) groups excluding carboxylic acids is 1. The molecule has 6 nitrogen and oxygen atoms in total. The zero-order valence-electron chi connectivity index (χ0n) is 10.7. The fourth-order valence-corrected chi connectivity index (χ4v) is 1.88. The fourth-order valence-electron chi connectivity index (χ4n) is 1.73. The Kier molecular flexibility index (Phi) is 4.49. The van der Waals surface area contributed by atoms with E-state index in [-0.39, 0.29) is 23.2 Å².